The van der Waals surface area contributed by atoms with E-state index >= 15 is 0 Å². The fraction of sp³-hybridized carbons (Fsp3) is 0.105. The lowest BCUT2D eigenvalue weighted by molar-refractivity contribution is -0.113. The molecule has 9 heteroatoms. The molecule has 28 heavy (non-hydrogen) atoms. The molecule has 8 nitrogen and oxygen atoms in total. The van der Waals surface area contributed by atoms with Crippen molar-refractivity contribution in [1.29, 1.82) is 0 Å². The number of aryl methyl sites for hydroxylation is 1. The van der Waals surface area contributed by atoms with Gasteiger partial charge in [-0.1, -0.05) is 41.6 Å². The van der Waals surface area contributed by atoms with Gasteiger partial charge in [0.15, 0.2) is 5.16 Å². The zero-order valence-electron chi connectivity index (χ0n) is 15.1. The number of para-hydroxylation sites is 2. The van der Waals surface area contributed by atoms with Crippen molar-refractivity contribution in [3.05, 3.63) is 73.1 Å². The Kier molecular flexibility index (Phi) is 5.16. The minimum absolute atomic E-state index is 0.143. The molecule has 0 fully saturated rings. The number of carbonyl (C=O) groups excluding carboxylic acids is 1. The van der Waals surface area contributed by atoms with E-state index in [4.69, 9.17) is 0 Å². The zero-order valence-corrected chi connectivity index (χ0v) is 15.9. The van der Waals surface area contributed by atoms with E-state index < -0.39 is 0 Å². The molecule has 4 aromatic rings. The molecule has 2 aromatic carbocycles. The molecule has 2 heterocycles. The van der Waals surface area contributed by atoms with Gasteiger partial charge in [0.1, 0.15) is 19.0 Å². The van der Waals surface area contributed by atoms with Crippen LogP contribution in [-0.4, -0.2) is 41.2 Å². The number of hydrogen-bond donors (Lipinski definition) is 1. The Hall–Kier alpha value is -3.46. The third-order valence-corrected chi connectivity index (χ3v) is 4.95. The van der Waals surface area contributed by atoms with Gasteiger partial charge in [-0.05, 0) is 31.2 Å². The van der Waals surface area contributed by atoms with Gasteiger partial charge in [0.25, 0.3) is 0 Å². The van der Waals surface area contributed by atoms with Crippen LogP contribution in [0.15, 0.2) is 72.7 Å². The van der Waals surface area contributed by atoms with Crippen LogP contribution in [0.2, 0.25) is 0 Å². The highest BCUT2D eigenvalue weighted by molar-refractivity contribution is 7.99. The second kappa shape index (κ2) is 8.05. The van der Waals surface area contributed by atoms with Gasteiger partial charge in [-0.3, -0.25) is 9.36 Å². The number of nitrogens with zero attached hydrogens (tertiary/aromatic N) is 6. The van der Waals surface area contributed by atoms with E-state index in [0.717, 1.165) is 11.4 Å². The minimum atomic E-state index is -0.143. The lowest BCUT2D eigenvalue weighted by Gasteiger charge is -2.10. The van der Waals surface area contributed by atoms with E-state index in [1.807, 2.05) is 60.0 Å². The molecular formula is C19H17N7OS. The van der Waals surface area contributed by atoms with Crippen LogP contribution in [0.3, 0.4) is 0 Å². The Morgan fingerprint density at radius 2 is 1.93 bits per heavy atom. The monoisotopic (exact) mass is 391 g/mol. The van der Waals surface area contributed by atoms with Gasteiger partial charge in [0.05, 0.1) is 17.1 Å². The highest BCUT2D eigenvalue weighted by Crippen LogP contribution is 2.22. The molecule has 0 spiro atoms. The molecule has 0 unspecified atom stereocenters. The quantitative estimate of drug-likeness (QED) is 0.508. The molecule has 4 rings (SSSR count). The summed E-state index contributed by atoms with van der Waals surface area (Å²) in [5, 5.41) is 15.8. The maximum atomic E-state index is 12.5. The normalized spacial score (nSPS) is 10.8. The standard InChI is InChI=1S/C19H17N7OS/c1-14-6-8-15(9-7-14)25-13-21-24-19(25)28-10-18(27)23-16-4-2-3-5-17(16)26-12-20-11-22-26/h2-9,11-13H,10H2,1H3,(H,23,27). The predicted molar refractivity (Wildman–Crippen MR) is 107 cm³/mol. The van der Waals surface area contributed by atoms with Gasteiger partial charge >= 0.3 is 0 Å². The Bertz CT molecular complexity index is 1070. The summed E-state index contributed by atoms with van der Waals surface area (Å²) in [6.07, 6.45) is 4.68. The Labute approximate surface area is 165 Å². The molecule has 1 amide bonds. The van der Waals surface area contributed by atoms with Crippen LogP contribution in [0.4, 0.5) is 5.69 Å². The van der Waals surface area contributed by atoms with Crippen LogP contribution >= 0.6 is 11.8 Å². The first-order valence-corrected chi connectivity index (χ1v) is 9.53. The molecule has 0 atom stereocenters. The van der Waals surface area contributed by atoms with Crippen molar-refractivity contribution >= 4 is 23.4 Å². The van der Waals surface area contributed by atoms with Crippen LogP contribution in [0.25, 0.3) is 11.4 Å². The fourth-order valence-corrected chi connectivity index (χ4v) is 3.36. The van der Waals surface area contributed by atoms with Crippen molar-refractivity contribution in [1.82, 2.24) is 29.5 Å². The SMILES string of the molecule is Cc1ccc(-n2cnnc2SCC(=O)Nc2ccccc2-n2cncn2)cc1. The molecular weight excluding hydrogens is 374 g/mol. The van der Waals surface area contributed by atoms with Crippen LogP contribution in [-0.2, 0) is 4.79 Å². The van der Waals surface area contributed by atoms with E-state index in [-0.39, 0.29) is 11.7 Å². The average Bonchev–Trinajstić information content (AvgIpc) is 3.40. The summed E-state index contributed by atoms with van der Waals surface area (Å²) in [7, 11) is 0. The summed E-state index contributed by atoms with van der Waals surface area (Å²) < 4.78 is 3.47. The highest BCUT2D eigenvalue weighted by Gasteiger charge is 2.12. The summed E-state index contributed by atoms with van der Waals surface area (Å²) in [5.41, 5.74) is 3.55. The fourth-order valence-electron chi connectivity index (χ4n) is 2.63. The predicted octanol–water partition coefficient (Wildman–Crippen LogP) is 2.89. The number of rotatable bonds is 6. The third kappa shape index (κ3) is 3.94. The molecule has 0 aliphatic rings. The molecule has 2 aromatic heterocycles. The number of amides is 1. The zero-order chi connectivity index (χ0) is 19.3. The van der Waals surface area contributed by atoms with E-state index in [0.29, 0.717) is 10.8 Å². The van der Waals surface area contributed by atoms with Crippen LogP contribution < -0.4 is 5.32 Å². The molecule has 0 saturated heterocycles. The number of nitrogens with one attached hydrogen (secondary N) is 1. The van der Waals surface area contributed by atoms with Crippen LogP contribution in [0.1, 0.15) is 5.56 Å². The number of carbonyl (C=O) groups is 1. The molecule has 1 N–H and O–H groups in total. The topological polar surface area (TPSA) is 90.5 Å². The lowest BCUT2D eigenvalue weighted by Crippen LogP contribution is -2.16. The highest BCUT2D eigenvalue weighted by atomic mass is 32.2. The summed E-state index contributed by atoms with van der Waals surface area (Å²) in [6.45, 7) is 2.03. The summed E-state index contributed by atoms with van der Waals surface area (Å²) in [4.78, 5) is 16.4. The first-order chi connectivity index (χ1) is 13.7. The van der Waals surface area contributed by atoms with Gasteiger partial charge in [-0.2, -0.15) is 5.10 Å². The maximum Gasteiger partial charge on any atom is 0.234 e. The van der Waals surface area contributed by atoms with Crippen molar-refractivity contribution in [2.24, 2.45) is 0 Å². The van der Waals surface area contributed by atoms with Crippen molar-refractivity contribution in [2.45, 2.75) is 12.1 Å². The third-order valence-electron chi connectivity index (χ3n) is 4.00. The van der Waals surface area contributed by atoms with E-state index in [2.05, 4.69) is 25.6 Å². The van der Waals surface area contributed by atoms with Crippen molar-refractivity contribution in [3.63, 3.8) is 0 Å². The average molecular weight is 391 g/mol. The maximum absolute atomic E-state index is 12.5. The summed E-state index contributed by atoms with van der Waals surface area (Å²) in [6, 6.07) is 15.5. The Morgan fingerprint density at radius 1 is 1.11 bits per heavy atom. The van der Waals surface area contributed by atoms with Crippen LogP contribution in [0.5, 0.6) is 0 Å². The van der Waals surface area contributed by atoms with Crippen molar-refractivity contribution in [3.8, 4) is 11.4 Å². The molecule has 140 valence electrons. The largest absolute Gasteiger partial charge is 0.323 e. The van der Waals surface area contributed by atoms with Gasteiger partial charge in [0, 0.05) is 5.69 Å². The number of hydrogen-bond acceptors (Lipinski definition) is 6. The molecule has 0 aliphatic heterocycles. The number of aromatic nitrogens is 6. The Balaban J connectivity index is 1.44. The van der Waals surface area contributed by atoms with Gasteiger partial charge < -0.3 is 5.32 Å². The first-order valence-electron chi connectivity index (χ1n) is 8.54. The lowest BCUT2D eigenvalue weighted by atomic mass is 10.2. The second-order valence-corrected chi connectivity index (χ2v) is 6.96. The molecule has 0 saturated carbocycles. The molecule has 0 aliphatic carbocycles. The summed E-state index contributed by atoms with van der Waals surface area (Å²) >= 11 is 1.33. The number of benzene rings is 2. The summed E-state index contributed by atoms with van der Waals surface area (Å²) in [5.74, 6) is 0.0620. The van der Waals surface area contributed by atoms with Crippen LogP contribution in [0, 0.1) is 6.92 Å². The minimum Gasteiger partial charge on any atom is -0.323 e. The van der Waals surface area contributed by atoms with Gasteiger partial charge in [0.2, 0.25) is 5.91 Å². The number of anilines is 1. The van der Waals surface area contributed by atoms with Gasteiger partial charge in [-0.15, -0.1) is 10.2 Å². The number of thioether (sulfide) groups is 1. The Morgan fingerprint density at radius 3 is 2.71 bits per heavy atom. The van der Waals surface area contributed by atoms with E-state index in [1.54, 1.807) is 17.3 Å². The van der Waals surface area contributed by atoms with Gasteiger partial charge in [-0.25, -0.2) is 9.67 Å². The van der Waals surface area contributed by atoms with Crippen molar-refractivity contribution < 1.29 is 4.79 Å². The van der Waals surface area contributed by atoms with Crippen molar-refractivity contribution in [2.75, 3.05) is 11.1 Å². The van der Waals surface area contributed by atoms with E-state index in [1.165, 1.54) is 23.7 Å². The molecule has 0 bridgehead atoms. The molecule has 0 radical (unpaired) electrons. The van der Waals surface area contributed by atoms with E-state index in [9.17, 15) is 4.79 Å². The second-order valence-electron chi connectivity index (χ2n) is 6.01. The smallest absolute Gasteiger partial charge is 0.234 e. The first kappa shape index (κ1) is 17.9.